The molecule has 1 unspecified atom stereocenters. The van der Waals surface area contributed by atoms with E-state index in [0.717, 1.165) is 36.8 Å². The normalized spacial score (nSPS) is 20.4. The van der Waals surface area contributed by atoms with Crippen LogP contribution in [0.5, 0.6) is 0 Å². The van der Waals surface area contributed by atoms with E-state index in [1.165, 1.54) is 6.07 Å². The summed E-state index contributed by atoms with van der Waals surface area (Å²) in [6, 6.07) is 1.64. The Hall–Kier alpha value is -0.120. The zero-order valence-corrected chi connectivity index (χ0v) is 11.5. The second-order valence-corrected chi connectivity index (χ2v) is 5.37. The van der Waals surface area contributed by atoms with Crippen LogP contribution in [0.2, 0.25) is 5.02 Å². The fourth-order valence-corrected chi connectivity index (χ4v) is 3.07. The Morgan fingerprint density at radius 2 is 2.25 bits per heavy atom. The zero-order valence-electron chi connectivity index (χ0n) is 9.12. The molecule has 4 heteroatoms. The number of rotatable bonds is 1. The maximum absolute atomic E-state index is 13.9. The van der Waals surface area contributed by atoms with E-state index in [4.69, 9.17) is 11.6 Å². The van der Waals surface area contributed by atoms with Crippen molar-refractivity contribution >= 4 is 27.5 Å². The molecule has 0 saturated heterocycles. The van der Waals surface area contributed by atoms with Crippen LogP contribution in [0.1, 0.15) is 36.4 Å². The molecule has 0 spiro atoms. The first-order valence-corrected chi connectivity index (χ1v) is 6.65. The number of hydrogen-bond acceptors (Lipinski definition) is 1. The summed E-state index contributed by atoms with van der Waals surface area (Å²) in [5, 5.41) is 3.87. The van der Waals surface area contributed by atoms with Crippen molar-refractivity contribution in [3.8, 4) is 0 Å². The van der Waals surface area contributed by atoms with Gasteiger partial charge in [0.15, 0.2) is 0 Å². The summed E-state index contributed by atoms with van der Waals surface area (Å²) in [4.78, 5) is 0. The molecule has 0 amide bonds. The predicted molar refractivity (Wildman–Crippen MR) is 68.5 cm³/mol. The molecule has 1 nitrogen and oxygen atoms in total. The third kappa shape index (κ3) is 2.13. The molecule has 1 aliphatic rings. The van der Waals surface area contributed by atoms with E-state index < -0.39 is 0 Å². The average Bonchev–Trinajstić information content (AvgIpc) is 2.48. The average molecular weight is 307 g/mol. The van der Waals surface area contributed by atoms with Gasteiger partial charge in [-0.3, -0.25) is 0 Å². The van der Waals surface area contributed by atoms with E-state index in [1.807, 2.05) is 7.05 Å². The first-order chi connectivity index (χ1) is 7.65. The minimum absolute atomic E-state index is 0.145. The fourth-order valence-electron chi connectivity index (χ4n) is 2.35. The van der Waals surface area contributed by atoms with E-state index >= 15 is 0 Å². The van der Waals surface area contributed by atoms with Crippen LogP contribution in [-0.2, 0) is 6.42 Å². The van der Waals surface area contributed by atoms with Gasteiger partial charge in [-0.1, -0.05) is 18.0 Å². The second kappa shape index (κ2) is 5.03. The lowest BCUT2D eigenvalue weighted by Crippen LogP contribution is -2.17. The molecular formula is C12H14BrClFN. The molecule has 0 heterocycles. The number of fused-ring (bicyclic) bond motifs is 1. The van der Waals surface area contributed by atoms with Crippen LogP contribution in [0.25, 0.3) is 0 Å². The molecule has 0 fully saturated rings. The van der Waals surface area contributed by atoms with Gasteiger partial charge in [0, 0.05) is 10.5 Å². The van der Waals surface area contributed by atoms with Crippen LogP contribution in [-0.4, -0.2) is 7.05 Å². The van der Waals surface area contributed by atoms with Crippen LogP contribution >= 0.6 is 27.5 Å². The number of hydrogen-bond donors (Lipinski definition) is 1. The largest absolute Gasteiger partial charge is 0.313 e. The van der Waals surface area contributed by atoms with Crippen LogP contribution in [0, 0.1) is 5.82 Å². The molecule has 0 bridgehead atoms. The first-order valence-electron chi connectivity index (χ1n) is 5.48. The highest BCUT2D eigenvalue weighted by Crippen LogP contribution is 2.39. The smallest absolute Gasteiger partial charge is 0.127 e. The summed E-state index contributed by atoms with van der Waals surface area (Å²) in [5.74, 6) is -0.145. The lowest BCUT2D eigenvalue weighted by Gasteiger charge is -2.19. The van der Waals surface area contributed by atoms with E-state index in [1.54, 1.807) is 0 Å². The Morgan fingerprint density at radius 3 is 2.94 bits per heavy atom. The molecule has 1 N–H and O–H groups in total. The standard InChI is InChI=1S/C12H14BrClFN/c1-16-10-5-3-2-4-7-9(15)6-8(13)12(14)11(7)10/h6,10,16H,2-5H2,1H3. The first kappa shape index (κ1) is 12.3. The van der Waals surface area contributed by atoms with Gasteiger partial charge in [-0.2, -0.15) is 0 Å². The Morgan fingerprint density at radius 1 is 1.50 bits per heavy atom. The van der Waals surface area contributed by atoms with Crippen molar-refractivity contribution in [3.05, 3.63) is 32.5 Å². The second-order valence-electron chi connectivity index (χ2n) is 4.13. The lowest BCUT2D eigenvalue weighted by molar-refractivity contribution is 0.532. The highest BCUT2D eigenvalue weighted by atomic mass is 79.9. The highest BCUT2D eigenvalue weighted by molar-refractivity contribution is 9.10. The van der Waals surface area contributed by atoms with E-state index in [2.05, 4.69) is 21.2 Å². The molecule has 0 radical (unpaired) electrons. The minimum atomic E-state index is -0.145. The molecule has 0 saturated carbocycles. The van der Waals surface area contributed by atoms with Crippen molar-refractivity contribution in [1.29, 1.82) is 0 Å². The van der Waals surface area contributed by atoms with Gasteiger partial charge in [0.25, 0.3) is 0 Å². The summed E-state index contributed by atoms with van der Waals surface area (Å²) in [7, 11) is 1.90. The SMILES string of the molecule is CNC1CCCCc2c(F)cc(Br)c(Cl)c21. The molecule has 0 aliphatic heterocycles. The van der Waals surface area contributed by atoms with Crippen LogP contribution in [0.15, 0.2) is 10.5 Å². The van der Waals surface area contributed by atoms with E-state index in [-0.39, 0.29) is 11.9 Å². The Kier molecular flexibility index (Phi) is 3.88. The Balaban J connectivity index is 2.61. The van der Waals surface area contributed by atoms with Gasteiger partial charge in [0.05, 0.1) is 5.02 Å². The minimum Gasteiger partial charge on any atom is -0.313 e. The molecular weight excluding hydrogens is 292 g/mol. The topological polar surface area (TPSA) is 12.0 Å². The molecule has 0 aromatic heterocycles. The molecule has 1 aromatic carbocycles. The van der Waals surface area contributed by atoms with Crippen LogP contribution in [0.3, 0.4) is 0 Å². The van der Waals surface area contributed by atoms with Crippen LogP contribution in [0.4, 0.5) is 4.39 Å². The van der Waals surface area contributed by atoms with Crippen molar-refractivity contribution in [2.24, 2.45) is 0 Å². The molecule has 2 rings (SSSR count). The summed E-state index contributed by atoms with van der Waals surface area (Å²) < 4.78 is 14.5. The van der Waals surface area contributed by atoms with Crippen molar-refractivity contribution < 1.29 is 4.39 Å². The molecule has 1 aromatic rings. The number of nitrogens with one attached hydrogen (secondary N) is 1. The van der Waals surface area contributed by atoms with Crippen molar-refractivity contribution in [1.82, 2.24) is 5.32 Å². The van der Waals surface area contributed by atoms with Gasteiger partial charge in [-0.05, 0) is 59.4 Å². The maximum atomic E-state index is 13.9. The van der Waals surface area contributed by atoms with Gasteiger partial charge >= 0.3 is 0 Å². The molecule has 1 atom stereocenters. The lowest BCUT2D eigenvalue weighted by atomic mass is 9.98. The summed E-state index contributed by atoms with van der Waals surface area (Å²) >= 11 is 9.58. The van der Waals surface area contributed by atoms with Crippen molar-refractivity contribution in [2.75, 3.05) is 7.05 Å². The third-order valence-electron chi connectivity index (χ3n) is 3.18. The quantitative estimate of drug-likeness (QED) is 0.605. The van der Waals surface area contributed by atoms with Gasteiger partial charge in [-0.15, -0.1) is 0 Å². The third-order valence-corrected chi connectivity index (χ3v) is 4.44. The van der Waals surface area contributed by atoms with Gasteiger partial charge in [-0.25, -0.2) is 4.39 Å². The zero-order chi connectivity index (χ0) is 11.7. The van der Waals surface area contributed by atoms with Gasteiger partial charge < -0.3 is 5.32 Å². The monoisotopic (exact) mass is 305 g/mol. The van der Waals surface area contributed by atoms with E-state index in [0.29, 0.717) is 9.50 Å². The van der Waals surface area contributed by atoms with Crippen molar-refractivity contribution in [2.45, 2.75) is 31.7 Å². The number of benzene rings is 1. The summed E-state index contributed by atoms with van der Waals surface area (Å²) in [6.07, 6.45) is 3.93. The Bertz CT molecular complexity index is 408. The van der Waals surface area contributed by atoms with Crippen molar-refractivity contribution in [3.63, 3.8) is 0 Å². The maximum Gasteiger partial charge on any atom is 0.127 e. The van der Waals surface area contributed by atoms with Gasteiger partial charge in [0.2, 0.25) is 0 Å². The predicted octanol–water partition coefficient (Wildman–Crippen LogP) is 4.23. The van der Waals surface area contributed by atoms with Crippen LogP contribution < -0.4 is 5.32 Å². The molecule has 16 heavy (non-hydrogen) atoms. The van der Waals surface area contributed by atoms with E-state index in [9.17, 15) is 4.39 Å². The van der Waals surface area contributed by atoms with Gasteiger partial charge in [0.1, 0.15) is 5.82 Å². The summed E-state index contributed by atoms with van der Waals surface area (Å²) in [6.45, 7) is 0. The highest BCUT2D eigenvalue weighted by Gasteiger charge is 2.24. The summed E-state index contributed by atoms with van der Waals surface area (Å²) in [5.41, 5.74) is 1.72. The fraction of sp³-hybridized carbons (Fsp3) is 0.500. The number of halogens is 3. The molecule has 1 aliphatic carbocycles. The Labute approximate surface area is 109 Å². The molecule has 88 valence electrons.